The van der Waals surface area contributed by atoms with Gasteiger partial charge >= 0.3 is 0 Å². The predicted molar refractivity (Wildman–Crippen MR) is 65.0 cm³/mol. The van der Waals surface area contributed by atoms with E-state index in [1.165, 1.54) is 11.5 Å². The van der Waals surface area contributed by atoms with E-state index in [0.717, 1.165) is 43.2 Å². The van der Waals surface area contributed by atoms with Gasteiger partial charge in [-0.05, 0) is 12.8 Å². The first kappa shape index (κ1) is 11.5. The van der Waals surface area contributed by atoms with Crippen molar-refractivity contribution in [3.05, 3.63) is 5.82 Å². The molecule has 0 saturated carbocycles. The van der Waals surface area contributed by atoms with Crippen molar-refractivity contribution in [1.29, 1.82) is 0 Å². The second-order valence-corrected chi connectivity index (χ2v) is 5.30. The Balaban J connectivity index is 2.08. The Morgan fingerprint density at radius 3 is 3.00 bits per heavy atom. The van der Waals surface area contributed by atoms with Crippen molar-refractivity contribution in [2.45, 2.75) is 32.6 Å². The highest BCUT2D eigenvalue weighted by atomic mass is 32.1. The standard InChI is InChI=1S/C11H17N3OS/c1-8(2)10-12-11(16-13-10)14-5-3-4-9(6-14)7-15/h7-9H,3-6H2,1-2H3. The molecule has 1 aromatic rings. The van der Waals surface area contributed by atoms with Crippen LogP contribution in [0.4, 0.5) is 5.13 Å². The summed E-state index contributed by atoms with van der Waals surface area (Å²) in [6.07, 6.45) is 3.15. The first-order chi connectivity index (χ1) is 7.70. The molecule has 0 spiro atoms. The van der Waals surface area contributed by atoms with Gasteiger partial charge in [-0.15, -0.1) is 0 Å². The Morgan fingerprint density at radius 1 is 1.56 bits per heavy atom. The van der Waals surface area contributed by atoms with Crippen LogP contribution in [0.3, 0.4) is 0 Å². The maximum atomic E-state index is 10.8. The maximum Gasteiger partial charge on any atom is 0.205 e. The van der Waals surface area contributed by atoms with Crippen LogP contribution in [-0.2, 0) is 4.79 Å². The molecule has 2 heterocycles. The third-order valence-corrected chi connectivity index (χ3v) is 3.66. The van der Waals surface area contributed by atoms with Gasteiger partial charge in [0.2, 0.25) is 5.13 Å². The minimum atomic E-state index is 0.167. The van der Waals surface area contributed by atoms with E-state index in [4.69, 9.17) is 0 Å². The molecule has 4 nitrogen and oxygen atoms in total. The molecule has 16 heavy (non-hydrogen) atoms. The molecule has 1 fully saturated rings. The first-order valence-corrected chi connectivity index (χ1v) is 6.52. The van der Waals surface area contributed by atoms with Gasteiger partial charge in [0, 0.05) is 36.5 Å². The lowest BCUT2D eigenvalue weighted by molar-refractivity contribution is -0.111. The molecule has 88 valence electrons. The lowest BCUT2D eigenvalue weighted by atomic mass is 10.0. The molecule has 1 atom stereocenters. The topological polar surface area (TPSA) is 46.1 Å². The summed E-state index contributed by atoms with van der Waals surface area (Å²) in [4.78, 5) is 17.5. The fourth-order valence-corrected chi connectivity index (χ4v) is 2.73. The van der Waals surface area contributed by atoms with E-state index in [2.05, 4.69) is 28.1 Å². The summed E-state index contributed by atoms with van der Waals surface area (Å²) in [6, 6.07) is 0. The zero-order chi connectivity index (χ0) is 11.5. The van der Waals surface area contributed by atoms with Gasteiger partial charge in [0.25, 0.3) is 0 Å². The number of aldehydes is 1. The van der Waals surface area contributed by atoms with Gasteiger partial charge in [0.05, 0.1) is 0 Å². The number of carbonyl (C=O) groups is 1. The molecule has 5 heteroatoms. The van der Waals surface area contributed by atoms with Crippen molar-refractivity contribution in [3.8, 4) is 0 Å². The molecule has 2 rings (SSSR count). The number of nitrogens with zero attached hydrogens (tertiary/aromatic N) is 3. The second-order valence-electron chi connectivity index (χ2n) is 4.57. The van der Waals surface area contributed by atoms with Crippen molar-refractivity contribution in [3.63, 3.8) is 0 Å². The van der Waals surface area contributed by atoms with Crippen LogP contribution in [0.25, 0.3) is 0 Å². The smallest absolute Gasteiger partial charge is 0.205 e. The largest absolute Gasteiger partial charge is 0.346 e. The molecular weight excluding hydrogens is 222 g/mol. The normalized spacial score (nSPS) is 21.4. The Morgan fingerprint density at radius 2 is 2.38 bits per heavy atom. The van der Waals surface area contributed by atoms with Crippen LogP contribution in [-0.4, -0.2) is 28.7 Å². The predicted octanol–water partition coefficient (Wildman–Crippen LogP) is 2.08. The highest BCUT2D eigenvalue weighted by molar-refractivity contribution is 7.09. The zero-order valence-corrected chi connectivity index (χ0v) is 10.5. The summed E-state index contributed by atoms with van der Waals surface area (Å²) in [5.74, 6) is 1.45. The van der Waals surface area contributed by atoms with Crippen LogP contribution < -0.4 is 4.90 Å². The van der Waals surface area contributed by atoms with Gasteiger partial charge in [-0.1, -0.05) is 13.8 Å². The summed E-state index contributed by atoms with van der Waals surface area (Å²) >= 11 is 1.45. The molecular formula is C11H17N3OS. The average Bonchev–Trinajstić information content (AvgIpc) is 2.78. The van der Waals surface area contributed by atoms with Crippen molar-refractivity contribution in [2.24, 2.45) is 5.92 Å². The quantitative estimate of drug-likeness (QED) is 0.758. The number of rotatable bonds is 3. The van der Waals surface area contributed by atoms with Gasteiger partial charge in [-0.2, -0.15) is 4.37 Å². The third kappa shape index (κ3) is 2.40. The minimum absolute atomic E-state index is 0.167. The summed E-state index contributed by atoms with van der Waals surface area (Å²) in [6.45, 7) is 5.99. The van der Waals surface area contributed by atoms with E-state index < -0.39 is 0 Å². The number of carbonyl (C=O) groups excluding carboxylic acids is 1. The summed E-state index contributed by atoms with van der Waals surface area (Å²) in [5, 5.41) is 0.968. The van der Waals surface area contributed by atoms with Gasteiger partial charge in [0.15, 0.2) is 0 Å². The molecule has 0 N–H and O–H groups in total. The van der Waals surface area contributed by atoms with Crippen LogP contribution >= 0.6 is 11.5 Å². The number of piperidine rings is 1. The van der Waals surface area contributed by atoms with E-state index in [1.54, 1.807) is 0 Å². The van der Waals surface area contributed by atoms with E-state index >= 15 is 0 Å². The van der Waals surface area contributed by atoms with E-state index in [9.17, 15) is 4.79 Å². The van der Waals surface area contributed by atoms with Crippen LogP contribution in [0.5, 0.6) is 0 Å². The first-order valence-electron chi connectivity index (χ1n) is 5.74. The molecule has 1 aromatic heterocycles. The number of hydrogen-bond acceptors (Lipinski definition) is 5. The average molecular weight is 239 g/mol. The summed E-state index contributed by atoms with van der Waals surface area (Å²) < 4.78 is 4.34. The van der Waals surface area contributed by atoms with Gasteiger partial charge < -0.3 is 9.69 Å². The molecule has 0 radical (unpaired) electrons. The van der Waals surface area contributed by atoms with Crippen molar-refractivity contribution < 1.29 is 4.79 Å². The minimum Gasteiger partial charge on any atom is -0.346 e. The SMILES string of the molecule is CC(C)c1nsc(N2CCCC(C=O)C2)n1. The number of aromatic nitrogens is 2. The molecule has 0 bridgehead atoms. The Hall–Kier alpha value is -0.970. The number of hydrogen-bond donors (Lipinski definition) is 0. The fourth-order valence-electron chi connectivity index (χ4n) is 1.88. The Labute approximate surface area is 99.9 Å². The monoisotopic (exact) mass is 239 g/mol. The maximum absolute atomic E-state index is 10.8. The highest BCUT2D eigenvalue weighted by Crippen LogP contribution is 2.25. The van der Waals surface area contributed by atoms with Gasteiger partial charge in [0.1, 0.15) is 12.1 Å². The highest BCUT2D eigenvalue weighted by Gasteiger charge is 2.22. The van der Waals surface area contributed by atoms with Crippen LogP contribution in [0, 0.1) is 5.92 Å². The van der Waals surface area contributed by atoms with Crippen LogP contribution in [0.1, 0.15) is 38.4 Å². The van der Waals surface area contributed by atoms with Crippen LogP contribution in [0.15, 0.2) is 0 Å². The molecule has 0 aliphatic carbocycles. The Bertz CT molecular complexity index is 364. The molecule has 1 saturated heterocycles. The number of anilines is 1. The van der Waals surface area contributed by atoms with Crippen LogP contribution in [0.2, 0.25) is 0 Å². The summed E-state index contributed by atoms with van der Waals surface area (Å²) in [7, 11) is 0. The van der Waals surface area contributed by atoms with E-state index in [-0.39, 0.29) is 5.92 Å². The molecule has 1 unspecified atom stereocenters. The third-order valence-electron chi connectivity index (χ3n) is 2.87. The van der Waals surface area contributed by atoms with Gasteiger partial charge in [-0.25, -0.2) is 4.98 Å². The molecule has 1 aliphatic rings. The lowest BCUT2D eigenvalue weighted by Gasteiger charge is -2.29. The lowest BCUT2D eigenvalue weighted by Crippen LogP contribution is -2.35. The van der Waals surface area contributed by atoms with Gasteiger partial charge in [-0.3, -0.25) is 0 Å². The zero-order valence-electron chi connectivity index (χ0n) is 9.72. The van der Waals surface area contributed by atoms with Crippen molar-refractivity contribution in [1.82, 2.24) is 9.36 Å². The Kier molecular flexibility index (Phi) is 3.53. The molecule has 0 aromatic carbocycles. The second kappa shape index (κ2) is 4.91. The molecule has 1 aliphatic heterocycles. The van der Waals surface area contributed by atoms with E-state index in [1.807, 2.05) is 0 Å². The summed E-state index contributed by atoms with van der Waals surface area (Å²) in [5.41, 5.74) is 0. The molecule has 0 amide bonds. The van der Waals surface area contributed by atoms with E-state index in [0.29, 0.717) is 5.92 Å². The fraction of sp³-hybridized carbons (Fsp3) is 0.727. The van der Waals surface area contributed by atoms with Crippen molar-refractivity contribution >= 4 is 23.0 Å². The van der Waals surface area contributed by atoms with Crippen molar-refractivity contribution in [2.75, 3.05) is 18.0 Å².